The number of H-pyrrole nitrogens is 2. The lowest BCUT2D eigenvalue weighted by molar-refractivity contribution is 1.31. The fraction of sp³-hybridized carbons (Fsp3) is 0. The highest BCUT2D eigenvalue weighted by Crippen LogP contribution is 2.39. The zero-order chi connectivity index (χ0) is 38.4. The van der Waals surface area contributed by atoms with E-state index < -0.39 is 0 Å². The number of fused-ring (bicyclic) bond motifs is 8. The van der Waals surface area contributed by atoms with Crippen molar-refractivity contribution in [1.29, 1.82) is 0 Å². The maximum Gasteiger partial charge on any atom is 0.0737 e. The zero-order valence-corrected chi connectivity index (χ0v) is 31.4. The van der Waals surface area contributed by atoms with Crippen molar-refractivity contribution in [2.24, 2.45) is 0 Å². The standard InChI is InChI=1S/C54H34N4/c1-3-15-39(16-4-1)51-43-27-31-47(55-43)53(41-23-19-37(20-24-41)35-11-7-8-12-35)49-33-29-45(57-49)52(40-17-5-2-6-18-40)46-30-34-50(58-46)54(48-32-28-44(51)56-48)42-25-21-38(22-26-42)36-13-9-10-14-36/h1-11,13,15-34,55,58H. The minimum Gasteiger partial charge on any atom is -0.354 e. The second kappa shape index (κ2) is 13.9. The van der Waals surface area contributed by atoms with E-state index >= 15 is 0 Å². The predicted molar refractivity (Wildman–Crippen MR) is 242 cm³/mol. The van der Waals surface area contributed by atoms with Gasteiger partial charge >= 0.3 is 0 Å². The molecule has 0 saturated heterocycles. The molecule has 58 heavy (non-hydrogen) atoms. The Balaban J connectivity index is 1.24. The SMILES string of the molecule is C1=CC=CC=1c1ccc(-c2c3nc(c(-c4ccccc4)c4ccc([nH]4)c(-c4ccc(C5=C=CC=C5)cc4)c4nc(c(-c5ccccc5)c5ccc2[nH]5)C=C4)C=C3)cc1. The smallest absolute Gasteiger partial charge is 0.0737 e. The summed E-state index contributed by atoms with van der Waals surface area (Å²) in [7, 11) is 0. The average Bonchev–Trinajstić information content (AvgIpc) is 4.13. The van der Waals surface area contributed by atoms with Crippen LogP contribution in [-0.2, 0) is 0 Å². The average molecular weight is 739 g/mol. The predicted octanol–water partition coefficient (Wildman–Crippen LogP) is 13.5. The summed E-state index contributed by atoms with van der Waals surface area (Å²) in [4.78, 5) is 18.6. The Morgan fingerprint density at radius 2 is 0.621 bits per heavy atom. The first-order valence-corrected chi connectivity index (χ1v) is 19.5. The second-order valence-corrected chi connectivity index (χ2v) is 14.6. The molecule has 4 nitrogen and oxygen atoms in total. The van der Waals surface area contributed by atoms with E-state index in [1.807, 2.05) is 24.3 Å². The molecule has 4 heteroatoms. The summed E-state index contributed by atoms with van der Waals surface area (Å²) in [5.41, 5.74) is 26.9. The van der Waals surface area contributed by atoms with Gasteiger partial charge in [0.1, 0.15) is 0 Å². The van der Waals surface area contributed by atoms with Gasteiger partial charge in [0.15, 0.2) is 0 Å². The number of hydrogen-bond donors (Lipinski definition) is 2. The molecule has 3 aromatic heterocycles. The van der Waals surface area contributed by atoms with Crippen LogP contribution in [0.3, 0.4) is 0 Å². The number of allylic oxidation sites excluding steroid dienone is 6. The molecule has 0 atom stereocenters. The van der Waals surface area contributed by atoms with Crippen molar-refractivity contribution in [3.63, 3.8) is 0 Å². The van der Waals surface area contributed by atoms with Crippen LogP contribution in [0, 0.1) is 0 Å². The van der Waals surface area contributed by atoms with Crippen molar-refractivity contribution in [3.05, 3.63) is 215 Å². The molecular weight excluding hydrogens is 705 g/mol. The van der Waals surface area contributed by atoms with Crippen LogP contribution in [0.15, 0.2) is 181 Å². The van der Waals surface area contributed by atoms with Gasteiger partial charge in [-0.3, -0.25) is 0 Å². The van der Waals surface area contributed by atoms with E-state index in [1.165, 1.54) is 0 Å². The Morgan fingerprint density at radius 3 is 0.931 bits per heavy atom. The zero-order valence-electron chi connectivity index (χ0n) is 31.4. The van der Waals surface area contributed by atoms with Gasteiger partial charge < -0.3 is 9.97 Å². The summed E-state index contributed by atoms with van der Waals surface area (Å²) in [5.74, 6) is 0. The quantitative estimate of drug-likeness (QED) is 0.167. The molecule has 0 saturated carbocycles. The molecule has 0 radical (unpaired) electrons. The Bertz CT molecular complexity index is 3020. The van der Waals surface area contributed by atoms with Crippen molar-refractivity contribution >= 4 is 57.5 Å². The van der Waals surface area contributed by atoms with Crippen LogP contribution in [0.5, 0.6) is 0 Å². The molecule has 0 fully saturated rings. The lowest BCUT2D eigenvalue weighted by Gasteiger charge is -2.08. The first-order valence-electron chi connectivity index (χ1n) is 19.5. The van der Waals surface area contributed by atoms with E-state index in [4.69, 9.17) is 9.97 Å². The molecule has 4 aliphatic rings. The summed E-state index contributed by atoms with van der Waals surface area (Å²) < 4.78 is 0. The minimum absolute atomic E-state index is 0.882. The highest BCUT2D eigenvalue weighted by Gasteiger charge is 2.19. The summed E-state index contributed by atoms with van der Waals surface area (Å²) in [6, 6.07) is 47.1. The highest BCUT2D eigenvalue weighted by atomic mass is 14.8. The van der Waals surface area contributed by atoms with E-state index in [-0.39, 0.29) is 0 Å². The monoisotopic (exact) mass is 738 g/mol. The van der Waals surface area contributed by atoms with Gasteiger partial charge in [-0.2, -0.15) is 0 Å². The molecule has 2 aliphatic heterocycles. The number of nitrogens with one attached hydrogen (secondary N) is 2. The third kappa shape index (κ3) is 5.91. The summed E-state index contributed by atoms with van der Waals surface area (Å²) in [6.07, 6.45) is 20.7. The molecule has 11 rings (SSSR count). The molecule has 0 amide bonds. The lowest BCUT2D eigenvalue weighted by Crippen LogP contribution is -1.90. The van der Waals surface area contributed by atoms with Crippen LogP contribution in [0.1, 0.15) is 33.9 Å². The molecule has 2 aliphatic carbocycles. The van der Waals surface area contributed by atoms with E-state index in [0.717, 1.165) is 112 Å². The number of nitrogens with zero attached hydrogens (tertiary/aromatic N) is 2. The Labute approximate surface area is 336 Å². The third-order valence-corrected chi connectivity index (χ3v) is 11.0. The normalized spacial score (nSPS) is 13.4. The molecule has 7 aromatic rings. The van der Waals surface area contributed by atoms with Crippen LogP contribution in [0.2, 0.25) is 0 Å². The van der Waals surface area contributed by atoms with Gasteiger partial charge in [-0.1, -0.05) is 121 Å². The van der Waals surface area contributed by atoms with E-state index in [0.29, 0.717) is 0 Å². The summed E-state index contributed by atoms with van der Waals surface area (Å²) in [5, 5.41) is 0. The van der Waals surface area contributed by atoms with Crippen molar-refractivity contribution in [3.8, 4) is 44.5 Å². The maximum atomic E-state index is 5.45. The largest absolute Gasteiger partial charge is 0.354 e. The van der Waals surface area contributed by atoms with Crippen molar-refractivity contribution in [2.75, 3.05) is 0 Å². The highest BCUT2D eigenvalue weighted by molar-refractivity contribution is 6.00. The fourth-order valence-corrected chi connectivity index (χ4v) is 8.28. The van der Waals surface area contributed by atoms with Gasteiger partial charge in [0.25, 0.3) is 0 Å². The minimum atomic E-state index is 0.882. The fourth-order valence-electron chi connectivity index (χ4n) is 8.28. The Hall–Kier alpha value is -8.00. The number of benzene rings is 4. The number of hydrogen-bond acceptors (Lipinski definition) is 2. The van der Waals surface area contributed by atoms with Crippen LogP contribution in [0.4, 0.5) is 0 Å². The molecule has 4 aromatic carbocycles. The van der Waals surface area contributed by atoms with E-state index in [9.17, 15) is 0 Å². The molecule has 5 heterocycles. The van der Waals surface area contributed by atoms with Gasteiger partial charge in [0.2, 0.25) is 0 Å². The van der Waals surface area contributed by atoms with Gasteiger partial charge in [-0.15, -0.1) is 11.5 Å². The molecule has 8 bridgehead atoms. The van der Waals surface area contributed by atoms with Crippen LogP contribution in [0.25, 0.3) is 102 Å². The molecule has 0 unspecified atom stereocenters. The Kier molecular flexibility index (Phi) is 8.01. The van der Waals surface area contributed by atoms with Gasteiger partial charge in [-0.05, 0) is 106 Å². The molecule has 2 N–H and O–H groups in total. The van der Waals surface area contributed by atoms with E-state index in [2.05, 4.69) is 191 Å². The van der Waals surface area contributed by atoms with Gasteiger partial charge in [-0.25, -0.2) is 9.97 Å². The van der Waals surface area contributed by atoms with Crippen LogP contribution in [-0.4, -0.2) is 19.9 Å². The number of aromatic amines is 2. The Morgan fingerprint density at radius 1 is 0.310 bits per heavy atom. The van der Waals surface area contributed by atoms with Crippen molar-refractivity contribution in [2.45, 2.75) is 0 Å². The van der Waals surface area contributed by atoms with Crippen molar-refractivity contribution in [1.82, 2.24) is 19.9 Å². The van der Waals surface area contributed by atoms with Crippen LogP contribution >= 0.6 is 0 Å². The first kappa shape index (κ1) is 33.3. The molecular formula is C54H34N4. The summed E-state index contributed by atoms with van der Waals surface area (Å²) >= 11 is 0. The molecule has 0 spiro atoms. The second-order valence-electron chi connectivity index (χ2n) is 14.6. The van der Waals surface area contributed by atoms with Gasteiger partial charge in [0.05, 0.1) is 22.8 Å². The summed E-state index contributed by atoms with van der Waals surface area (Å²) in [6.45, 7) is 0. The topological polar surface area (TPSA) is 57.4 Å². The van der Waals surface area contributed by atoms with Crippen LogP contribution < -0.4 is 0 Å². The third-order valence-electron chi connectivity index (χ3n) is 11.0. The van der Waals surface area contributed by atoms with Crippen molar-refractivity contribution < 1.29 is 0 Å². The first-order chi connectivity index (χ1) is 28.7. The number of rotatable bonds is 6. The maximum absolute atomic E-state index is 5.45. The lowest BCUT2D eigenvalue weighted by atomic mass is 10.00. The van der Waals surface area contributed by atoms with E-state index in [1.54, 1.807) is 0 Å². The van der Waals surface area contributed by atoms with Gasteiger partial charge in [0, 0.05) is 55.5 Å². The number of aromatic nitrogens is 4. The molecule has 270 valence electrons.